The number of rotatable bonds is 7. The molecular formula is C12H18N2O3S. The van der Waals surface area contributed by atoms with Crippen molar-refractivity contribution in [2.24, 2.45) is 0 Å². The zero-order valence-electron chi connectivity index (χ0n) is 10.6. The number of hydrogen-bond acceptors (Lipinski definition) is 4. The molecular weight excluding hydrogens is 252 g/mol. The average Bonchev–Trinajstić information content (AvgIpc) is 2.74. The Hall–Kier alpha value is -1.40. The third-order valence-corrected chi connectivity index (χ3v) is 3.41. The Kier molecular flexibility index (Phi) is 5.80. The van der Waals surface area contributed by atoms with Crippen LogP contribution in [-0.4, -0.2) is 42.5 Å². The second kappa shape index (κ2) is 7.13. The quantitative estimate of drug-likeness (QED) is 0.786. The fourth-order valence-electron chi connectivity index (χ4n) is 1.42. The number of thiophene rings is 1. The number of carbonyl (C=O) groups is 2. The molecule has 0 unspecified atom stereocenters. The van der Waals surface area contributed by atoms with Crippen LogP contribution in [0.5, 0.6) is 0 Å². The highest BCUT2D eigenvalue weighted by Gasteiger charge is 2.07. The Bertz CT molecular complexity index is 415. The molecule has 0 saturated carbocycles. The van der Waals surface area contributed by atoms with E-state index in [1.165, 1.54) is 11.3 Å². The molecule has 1 aromatic heterocycles. The number of hydrogen-bond donors (Lipinski definition) is 2. The Morgan fingerprint density at radius 2 is 2.11 bits per heavy atom. The van der Waals surface area contributed by atoms with Crippen molar-refractivity contribution in [1.82, 2.24) is 10.2 Å². The van der Waals surface area contributed by atoms with Gasteiger partial charge in [0.2, 0.25) is 5.91 Å². The molecule has 0 bridgehead atoms. The monoisotopic (exact) mass is 270 g/mol. The van der Waals surface area contributed by atoms with Gasteiger partial charge in [0, 0.05) is 11.3 Å². The van der Waals surface area contributed by atoms with Gasteiger partial charge in [-0.1, -0.05) is 0 Å². The van der Waals surface area contributed by atoms with Crippen molar-refractivity contribution in [3.63, 3.8) is 0 Å². The van der Waals surface area contributed by atoms with Crippen LogP contribution in [0.2, 0.25) is 0 Å². The van der Waals surface area contributed by atoms with E-state index in [1.807, 2.05) is 19.0 Å². The van der Waals surface area contributed by atoms with Crippen molar-refractivity contribution in [2.45, 2.75) is 19.4 Å². The lowest BCUT2D eigenvalue weighted by atomic mass is 10.3. The maximum atomic E-state index is 11.5. The van der Waals surface area contributed by atoms with Crippen molar-refractivity contribution in [1.29, 1.82) is 0 Å². The molecule has 6 heteroatoms. The minimum Gasteiger partial charge on any atom is -0.477 e. The minimum absolute atomic E-state index is 0.00197. The molecule has 0 aromatic carbocycles. The molecule has 0 aliphatic rings. The summed E-state index contributed by atoms with van der Waals surface area (Å²) in [7, 11) is 3.94. The van der Waals surface area contributed by atoms with E-state index >= 15 is 0 Å². The molecule has 1 amide bonds. The number of nitrogens with zero attached hydrogens (tertiary/aromatic N) is 1. The fraction of sp³-hybridized carbons (Fsp3) is 0.500. The van der Waals surface area contributed by atoms with Crippen LogP contribution in [0.3, 0.4) is 0 Å². The summed E-state index contributed by atoms with van der Waals surface area (Å²) in [5.41, 5.74) is 0. The average molecular weight is 270 g/mol. The van der Waals surface area contributed by atoms with Gasteiger partial charge in [-0.25, -0.2) is 4.79 Å². The van der Waals surface area contributed by atoms with Crippen LogP contribution in [0.1, 0.15) is 27.4 Å². The lowest BCUT2D eigenvalue weighted by Crippen LogP contribution is -2.23. The van der Waals surface area contributed by atoms with Gasteiger partial charge in [-0.05, 0) is 39.2 Å². The second-order valence-electron chi connectivity index (χ2n) is 4.25. The SMILES string of the molecule is CN(C)CCCC(=O)NCc1ccc(C(=O)O)s1. The second-order valence-corrected chi connectivity index (χ2v) is 5.42. The van der Waals surface area contributed by atoms with Crippen LogP contribution in [0.4, 0.5) is 0 Å². The summed E-state index contributed by atoms with van der Waals surface area (Å²) >= 11 is 1.19. The Morgan fingerprint density at radius 1 is 1.39 bits per heavy atom. The van der Waals surface area contributed by atoms with E-state index < -0.39 is 5.97 Å². The molecule has 2 N–H and O–H groups in total. The maximum Gasteiger partial charge on any atom is 0.345 e. The largest absolute Gasteiger partial charge is 0.477 e. The Morgan fingerprint density at radius 3 is 2.67 bits per heavy atom. The summed E-state index contributed by atoms with van der Waals surface area (Å²) in [5, 5.41) is 11.5. The molecule has 1 rings (SSSR count). The van der Waals surface area contributed by atoms with E-state index in [1.54, 1.807) is 12.1 Å². The number of carboxylic acid groups (broad SMARTS) is 1. The molecule has 0 saturated heterocycles. The van der Waals surface area contributed by atoms with Crippen LogP contribution >= 0.6 is 11.3 Å². The van der Waals surface area contributed by atoms with Gasteiger partial charge in [0.25, 0.3) is 0 Å². The predicted molar refractivity (Wildman–Crippen MR) is 70.9 cm³/mol. The third kappa shape index (κ3) is 5.29. The van der Waals surface area contributed by atoms with Crippen LogP contribution in [0, 0.1) is 0 Å². The Balaban J connectivity index is 2.27. The molecule has 0 spiro atoms. The van der Waals surface area contributed by atoms with Crippen molar-refractivity contribution in [3.8, 4) is 0 Å². The Labute approximate surface area is 110 Å². The van der Waals surface area contributed by atoms with Gasteiger partial charge >= 0.3 is 5.97 Å². The standard InChI is InChI=1S/C12H18N2O3S/c1-14(2)7-3-4-11(15)13-8-9-5-6-10(18-9)12(16)17/h5-6H,3-4,7-8H2,1-2H3,(H,13,15)(H,16,17). The normalized spacial score (nSPS) is 10.6. The van der Waals surface area contributed by atoms with Gasteiger partial charge in [-0.2, -0.15) is 0 Å². The van der Waals surface area contributed by atoms with Gasteiger partial charge in [0.05, 0.1) is 6.54 Å². The number of amides is 1. The van der Waals surface area contributed by atoms with Crippen LogP contribution in [0.25, 0.3) is 0 Å². The number of carbonyl (C=O) groups excluding carboxylic acids is 1. The number of nitrogens with one attached hydrogen (secondary N) is 1. The first kappa shape index (κ1) is 14.7. The molecule has 0 aliphatic carbocycles. The van der Waals surface area contributed by atoms with Gasteiger partial charge in [0.1, 0.15) is 4.88 Å². The summed E-state index contributed by atoms with van der Waals surface area (Å²) in [5.74, 6) is -0.925. The molecule has 0 radical (unpaired) electrons. The van der Waals surface area contributed by atoms with Crippen molar-refractivity contribution >= 4 is 23.2 Å². The molecule has 0 atom stereocenters. The van der Waals surface area contributed by atoms with E-state index in [9.17, 15) is 9.59 Å². The van der Waals surface area contributed by atoms with Gasteiger partial charge in [-0.15, -0.1) is 11.3 Å². The molecule has 1 heterocycles. The van der Waals surface area contributed by atoms with Crippen LogP contribution in [-0.2, 0) is 11.3 Å². The van der Waals surface area contributed by atoms with E-state index in [0.29, 0.717) is 17.8 Å². The van der Waals surface area contributed by atoms with Crippen molar-refractivity contribution in [3.05, 3.63) is 21.9 Å². The topological polar surface area (TPSA) is 69.6 Å². The first-order chi connectivity index (χ1) is 8.49. The van der Waals surface area contributed by atoms with Gasteiger partial charge < -0.3 is 15.3 Å². The fourth-order valence-corrected chi connectivity index (χ4v) is 2.20. The van der Waals surface area contributed by atoms with E-state index in [2.05, 4.69) is 5.32 Å². The van der Waals surface area contributed by atoms with E-state index in [4.69, 9.17) is 5.11 Å². The zero-order valence-corrected chi connectivity index (χ0v) is 11.4. The van der Waals surface area contributed by atoms with Crippen molar-refractivity contribution < 1.29 is 14.7 Å². The van der Waals surface area contributed by atoms with Gasteiger partial charge in [0.15, 0.2) is 0 Å². The lowest BCUT2D eigenvalue weighted by Gasteiger charge is -2.08. The van der Waals surface area contributed by atoms with E-state index in [-0.39, 0.29) is 5.91 Å². The summed E-state index contributed by atoms with van der Waals surface area (Å²) in [6, 6.07) is 3.29. The highest BCUT2D eigenvalue weighted by molar-refractivity contribution is 7.13. The maximum absolute atomic E-state index is 11.5. The number of aromatic carboxylic acids is 1. The summed E-state index contributed by atoms with van der Waals surface area (Å²) in [6.45, 7) is 1.29. The molecule has 0 aliphatic heterocycles. The third-order valence-electron chi connectivity index (χ3n) is 2.34. The molecule has 5 nitrogen and oxygen atoms in total. The summed E-state index contributed by atoms with van der Waals surface area (Å²) in [6.07, 6.45) is 1.32. The van der Waals surface area contributed by atoms with Crippen LogP contribution in [0.15, 0.2) is 12.1 Å². The molecule has 0 fully saturated rings. The smallest absolute Gasteiger partial charge is 0.345 e. The first-order valence-electron chi connectivity index (χ1n) is 5.72. The lowest BCUT2D eigenvalue weighted by molar-refractivity contribution is -0.121. The van der Waals surface area contributed by atoms with Crippen molar-refractivity contribution in [2.75, 3.05) is 20.6 Å². The van der Waals surface area contributed by atoms with E-state index in [0.717, 1.165) is 17.8 Å². The molecule has 100 valence electrons. The number of carboxylic acids is 1. The molecule has 1 aromatic rings. The highest BCUT2D eigenvalue weighted by Crippen LogP contribution is 2.15. The minimum atomic E-state index is -0.927. The zero-order chi connectivity index (χ0) is 13.5. The van der Waals surface area contributed by atoms with Crippen LogP contribution < -0.4 is 5.32 Å². The summed E-state index contributed by atoms with van der Waals surface area (Å²) < 4.78 is 0. The first-order valence-corrected chi connectivity index (χ1v) is 6.54. The predicted octanol–water partition coefficient (Wildman–Crippen LogP) is 1.40. The summed E-state index contributed by atoms with van der Waals surface area (Å²) in [4.78, 5) is 25.4. The van der Waals surface area contributed by atoms with Gasteiger partial charge in [-0.3, -0.25) is 4.79 Å². The highest BCUT2D eigenvalue weighted by atomic mass is 32.1. The molecule has 18 heavy (non-hydrogen) atoms.